The number of aryl methyl sites for hydroxylation is 1. The van der Waals surface area contributed by atoms with Gasteiger partial charge in [-0.1, -0.05) is 26.0 Å². The minimum Gasteiger partial charge on any atom is -0.382 e. The summed E-state index contributed by atoms with van der Waals surface area (Å²) in [5.41, 5.74) is 2.62. The standard InChI is InChI=1S/C15H23N/c1-11-5-4-6-14(10-11)16-15-8-7-12(2)9-13(15)3/h4-6,10,12-13,15-16H,7-9H2,1-3H3. The molecule has 1 nitrogen and oxygen atoms in total. The molecule has 0 radical (unpaired) electrons. The third kappa shape index (κ3) is 2.78. The van der Waals surface area contributed by atoms with Gasteiger partial charge in [-0.3, -0.25) is 0 Å². The van der Waals surface area contributed by atoms with E-state index in [1.54, 1.807) is 0 Å². The van der Waals surface area contributed by atoms with Gasteiger partial charge in [-0.2, -0.15) is 0 Å². The summed E-state index contributed by atoms with van der Waals surface area (Å²) in [6.07, 6.45) is 4.05. The van der Waals surface area contributed by atoms with Gasteiger partial charge in [0.15, 0.2) is 0 Å². The van der Waals surface area contributed by atoms with E-state index in [2.05, 4.69) is 50.4 Å². The summed E-state index contributed by atoms with van der Waals surface area (Å²) >= 11 is 0. The summed E-state index contributed by atoms with van der Waals surface area (Å²) < 4.78 is 0. The van der Waals surface area contributed by atoms with E-state index in [-0.39, 0.29) is 0 Å². The van der Waals surface area contributed by atoms with Crippen LogP contribution in [0.2, 0.25) is 0 Å². The summed E-state index contributed by atoms with van der Waals surface area (Å²) in [6, 6.07) is 9.37. The van der Waals surface area contributed by atoms with Crippen molar-refractivity contribution in [3.8, 4) is 0 Å². The number of anilines is 1. The van der Waals surface area contributed by atoms with Gasteiger partial charge >= 0.3 is 0 Å². The lowest BCUT2D eigenvalue weighted by Crippen LogP contribution is -2.32. The second-order valence-corrected chi connectivity index (χ2v) is 5.52. The first-order valence-corrected chi connectivity index (χ1v) is 6.48. The summed E-state index contributed by atoms with van der Waals surface area (Å²) in [6.45, 7) is 6.90. The van der Waals surface area contributed by atoms with Crippen LogP contribution in [-0.2, 0) is 0 Å². The van der Waals surface area contributed by atoms with E-state index >= 15 is 0 Å². The lowest BCUT2D eigenvalue weighted by molar-refractivity contribution is 0.276. The molecule has 1 fully saturated rings. The average molecular weight is 217 g/mol. The van der Waals surface area contributed by atoms with Gasteiger partial charge in [0, 0.05) is 11.7 Å². The van der Waals surface area contributed by atoms with Gasteiger partial charge in [-0.05, 0) is 55.7 Å². The normalized spacial score (nSPS) is 30.1. The van der Waals surface area contributed by atoms with E-state index in [1.807, 2.05) is 0 Å². The van der Waals surface area contributed by atoms with Crippen LogP contribution in [0.5, 0.6) is 0 Å². The Morgan fingerprint density at radius 1 is 1.19 bits per heavy atom. The smallest absolute Gasteiger partial charge is 0.0345 e. The van der Waals surface area contributed by atoms with Crippen LogP contribution in [0.1, 0.15) is 38.7 Å². The zero-order valence-corrected chi connectivity index (χ0v) is 10.7. The van der Waals surface area contributed by atoms with E-state index in [4.69, 9.17) is 0 Å². The number of nitrogens with one attached hydrogen (secondary N) is 1. The van der Waals surface area contributed by atoms with Crippen molar-refractivity contribution >= 4 is 5.69 Å². The van der Waals surface area contributed by atoms with Gasteiger partial charge in [0.25, 0.3) is 0 Å². The van der Waals surface area contributed by atoms with Gasteiger partial charge in [0.2, 0.25) is 0 Å². The Kier molecular flexibility index (Phi) is 3.52. The Labute approximate surface area is 99.3 Å². The molecule has 3 atom stereocenters. The highest BCUT2D eigenvalue weighted by Gasteiger charge is 2.24. The molecule has 88 valence electrons. The SMILES string of the molecule is Cc1cccc(NC2CCC(C)CC2C)c1. The molecule has 0 aromatic heterocycles. The zero-order chi connectivity index (χ0) is 11.5. The van der Waals surface area contributed by atoms with Gasteiger partial charge in [-0.15, -0.1) is 0 Å². The molecule has 1 aliphatic carbocycles. The Morgan fingerprint density at radius 2 is 2.00 bits per heavy atom. The van der Waals surface area contributed by atoms with E-state index in [0.717, 1.165) is 11.8 Å². The molecule has 1 N–H and O–H groups in total. The first kappa shape index (κ1) is 11.5. The van der Waals surface area contributed by atoms with Gasteiger partial charge in [-0.25, -0.2) is 0 Å². The van der Waals surface area contributed by atoms with Gasteiger partial charge < -0.3 is 5.32 Å². The molecule has 1 heteroatoms. The highest BCUT2D eigenvalue weighted by Crippen LogP contribution is 2.30. The molecule has 0 amide bonds. The number of hydrogen-bond donors (Lipinski definition) is 1. The lowest BCUT2D eigenvalue weighted by Gasteiger charge is -2.33. The van der Waals surface area contributed by atoms with E-state index < -0.39 is 0 Å². The predicted octanol–water partition coefficient (Wildman–Crippen LogP) is 4.23. The van der Waals surface area contributed by atoms with Gasteiger partial charge in [0.1, 0.15) is 0 Å². The van der Waals surface area contributed by atoms with E-state index in [0.29, 0.717) is 6.04 Å². The minimum absolute atomic E-state index is 0.665. The van der Waals surface area contributed by atoms with E-state index in [9.17, 15) is 0 Å². The molecule has 3 unspecified atom stereocenters. The maximum absolute atomic E-state index is 3.69. The first-order valence-electron chi connectivity index (χ1n) is 6.48. The summed E-state index contributed by atoms with van der Waals surface area (Å²) in [5.74, 6) is 1.70. The van der Waals surface area contributed by atoms with Crippen LogP contribution in [0.25, 0.3) is 0 Å². The van der Waals surface area contributed by atoms with Crippen LogP contribution < -0.4 is 5.32 Å². The molecule has 1 aromatic rings. The van der Waals surface area contributed by atoms with Crippen LogP contribution >= 0.6 is 0 Å². The van der Waals surface area contributed by atoms with Crippen LogP contribution in [0.4, 0.5) is 5.69 Å². The summed E-state index contributed by atoms with van der Waals surface area (Å²) in [7, 11) is 0. The van der Waals surface area contributed by atoms with Crippen molar-refractivity contribution in [3.63, 3.8) is 0 Å². The van der Waals surface area contributed by atoms with Crippen LogP contribution in [-0.4, -0.2) is 6.04 Å². The monoisotopic (exact) mass is 217 g/mol. The van der Waals surface area contributed by atoms with Crippen molar-refractivity contribution in [1.82, 2.24) is 0 Å². The lowest BCUT2D eigenvalue weighted by atomic mass is 9.80. The van der Waals surface area contributed by atoms with E-state index in [1.165, 1.54) is 30.5 Å². The fourth-order valence-electron chi connectivity index (χ4n) is 2.83. The molecule has 0 saturated heterocycles. The molecule has 1 aliphatic rings. The fraction of sp³-hybridized carbons (Fsp3) is 0.600. The number of hydrogen-bond acceptors (Lipinski definition) is 1. The quantitative estimate of drug-likeness (QED) is 0.781. The molecular weight excluding hydrogens is 194 g/mol. The van der Waals surface area contributed by atoms with Gasteiger partial charge in [0.05, 0.1) is 0 Å². The second kappa shape index (κ2) is 4.90. The highest BCUT2D eigenvalue weighted by molar-refractivity contribution is 5.46. The number of benzene rings is 1. The summed E-state index contributed by atoms with van der Waals surface area (Å²) in [5, 5.41) is 3.69. The maximum atomic E-state index is 3.69. The minimum atomic E-state index is 0.665. The van der Waals surface area contributed by atoms with Crippen molar-refractivity contribution in [3.05, 3.63) is 29.8 Å². The van der Waals surface area contributed by atoms with Crippen molar-refractivity contribution in [2.24, 2.45) is 11.8 Å². The first-order chi connectivity index (χ1) is 7.65. The molecule has 0 aliphatic heterocycles. The molecule has 1 saturated carbocycles. The molecule has 0 spiro atoms. The zero-order valence-electron chi connectivity index (χ0n) is 10.7. The summed E-state index contributed by atoms with van der Waals surface area (Å²) in [4.78, 5) is 0. The van der Waals surface area contributed by atoms with Crippen LogP contribution in [0, 0.1) is 18.8 Å². The Morgan fingerprint density at radius 3 is 2.69 bits per heavy atom. The van der Waals surface area contributed by atoms with Crippen molar-refractivity contribution in [1.29, 1.82) is 0 Å². The molecular formula is C15H23N. The number of rotatable bonds is 2. The molecule has 1 aromatic carbocycles. The fourth-order valence-corrected chi connectivity index (χ4v) is 2.83. The van der Waals surface area contributed by atoms with Crippen molar-refractivity contribution in [2.75, 3.05) is 5.32 Å². The third-order valence-electron chi connectivity index (χ3n) is 3.80. The third-order valence-corrected chi connectivity index (χ3v) is 3.80. The molecule has 0 heterocycles. The Balaban J connectivity index is 1.99. The maximum Gasteiger partial charge on any atom is 0.0345 e. The Bertz CT molecular complexity index is 345. The van der Waals surface area contributed by atoms with Crippen molar-refractivity contribution in [2.45, 2.75) is 46.1 Å². The molecule has 2 rings (SSSR count). The largest absolute Gasteiger partial charge is 0.382 e. The molecule has 0 bridgehead atoms. The van der Waals surface area contributed by atoms with Crippen molar-refractivity contribution < 1.29 is 0 Å². The molecule has 16 heavy (non-hydrogen) atoms. The predicted molar refractivity (Wildman–Crippen MR) is 70.8 cm³/mol. The second-order valence-electron chi connectivity index (χ2n) is 5.52. The van der Waals surface area contributed by atoms with Crippen LogP contribution in [0.3, 0.4) is 0 Å². The Hall–Kier alpha value is -0.980. The highest BCUT2D eigenvalue weighted by atomic mass is 14.9. The van der Waals surface area contributed by atoms with Crippen LogP contribution in [0.15, 0.2) is 24.3 Å². The topological polar surface area (TPSA) is 12.0 Å². The average Bonchev–Trinajstić information content (AvgIpc) is 2.22.